The summed E-state index contributed by atoms with van der Waals surface area (Å²) in [4.78, 5) is 38.4. The summed E-state index contributed by atoms with van der Waals surface area (Å²) in [6.07, 6.45) is 1.62. The fourth-order valence-electron chi connectivity index (χ4n) is 3.43. The van der Waals surface area contributed by atoms with Crippen LogP contribution in [-0.4, -0.2) is 35.7 Å². The van der Waals surface area contributed by atoms with Crippen LogP contribution < -0.4 is 9.47 Å². The van der Waals surface area contributed by atoms with Crippen molar-refractivity contribution in [3.63, 3.8) is 0 Å². The van der Waals surface area contributed by atoms with Crippen LogP contribution in [0.15, 0.2) is 66.8 Å². The van der Waals surface area contributed by atoms with Crippen LogP contribution in [0.5, 0.6) is 11.5 Å². The molecular formula is C26H21Br2NO7S. The van der Waals surface area contributed by atoms with Crippen LogP contribution in [0.25, 0.3) is 6.08 Å². The molecule has 0 atom stereocenters. The highest BCUT2D eigenvalue weighted by atomic mass is 79.9. The lowest BCUT2D eigenvalue weighted by molar-refractivity contribution is -0.123. The number of hydrogen-bond donors (Lipinski definition) is 0. The summed E-state index contributed by atoms with van der Waals surface area (Å²) in [7, 11) is 1.24. The second kappa shape index (κ2) is 12.0. The predicted octanol–water partition coefficient (Wildman–Crippen LogP) is 6.81. The lowest BCUT2D eigenvalue weighted by atomic mass is 10.1. The Kier molecular flexibility index (Phi) is 8.78. The minimum absolute atomic E-state index is 0.00393. The van der Waals surface area contributed by atoms with Gasteiger partial charge in [0.1, 0.15) is 12.4 Å². The standard InChI is InChI=1S/C26H21Br2NO7S/c1-3-34-21-11-16(10-19(28)23(21)35-14-15-4-6-17(27)7-5-15)12-22-24(30)29(26(32)37-22)13-18-8-9-20(36-18)25(31)33-2/h4-12H,3,13-14H2,1-2H3/b22-12+. The second-order valence-corrected chi connectivity index (χ2v) is 10.5. The molecule has 0 N–H and O–H groups in total. The monoisotopic (exact) mass is 649 g/mol. The number of thioether (sulfide) groups is 1. The molecule has 192 valence electrons. The molecule has 1 aromatic heterocycles. The number of halogens is 2. The molecule has 1 aliphatic heterocycles. The van der Waals surface area contributed by atoms with Gasteiger partial charge in [0.15, 0.2) is 11.5 Å². The first kappa shape index (κ1) is 27.0. The molecule has 0 unspecified atom stereocenters. The first-order valence-electron chi connectivity index (χ1n) is 11.0. The van der Waals surface area contributed by atoms with Gasteiger partial charge >= 0.3 is 5.97 Å². The molecule has 11 heteroatoms. The molecule has 0 radical (unpaired) electrons. The Balaban J connectivity index is 1.52. The molecule has 1 fully saturated rings. The Morgan fingerprint density at radius 1 is 1.08 bits per heavy atom. The van der Waals surface area contributed by atoms with E-state index in [2.05, 4.69) is 36.6 Å². The molecule has 4 rings (SSSR count). The van der Waals surface area contributed by atoms with Crippen LogP contribution in [0.1, 0.15) is 34.4 Å². The van der Waals surface area contributed by atoms with Crippen LogP contribution in [0.4, 0.5) is 4.79 Å². The maximum Gasteiger partial charge on any atom is 0.373 e. The molecule has 2 amide bonds. The number of furan rings is 1. The van der Waals surface area contributed by atoms with Crippen LogP contribution >= 0.6 is 43.6 Å². The Labute approximate surface area is 234 Å². The molecule has 1 aliphatic rings. The van der Waals surface area contributed by atoms with Gasteiger partial charge in [-0.1, -0.05) is 28.1 Å². The number of carbonyl (C=O) groups excluding carboxylic acids is 3. The summed E-state index contributed by atoms with van der Waals surface area (Å²) in [6, 6.07) is 14.3. The van der Waals surface area contributed by atoms with Gasteiger partial charge in [0.25, 0.3) is 11.1 Å². The van der Waals surface area contributed by atoms with E-state index in [4.69, 9.17) is 13.9 Å². The molecule has 0 spiro atoms. The van der Waals surface area contributed by atoms with Gasteiger partial charge in [0.05, 0.1) is 29.6 Å². The molecule has 8 nitrogen and oxygen atoms in total. The predicted molar refractivity (Wildman–Crippen MR) is 145 cm³/mol. The lowest BCUT2D eigenvalue weighted by Crippen LogP contribution is -2.27. The van der Waals surface area contributed by atoms with Crippen molar-refractivity contribution in [3.8, 4) is 11.5 Å². The molecule has 2 heterocycles. The topological polar surface area (TPSA) is 95.3 Å². The molecular weight excluding hydrogens is 630 g/mol. The van der Waals surface area contributed by atoms with E-state index in [9.17, 15) is 14.4 Å². The normalized spacial score (nSPS) is 14.4. The molecule has 3 aromatic rings. The van der Waals surface area contributed by atoms with Gasteiger partial charge in [-0.2, -0.15) is 0 Å². The maximum absolute atomic E-state index is 13.0. The number of imide groups is 1. The van der Waals surface area contributed by atoms with Gasteiger partial charge in [0.2, 0.25) is 5.76 Å². The Morgan fingerprint density at radius 3 is 2.54 bits per heavy atom. The average molecular weight is 651 g/mol. The third kappa shape index (κ3) is 6.46. The van der Waals surface area contributed by atoms with Crippen molar-refractivity contribution in [2.45, 2.75) is 20.1 Å². The fraction of sp³-hybridized carbons (Fsp3) is 0.192. The zero-order valence-corrected chi connectivity index (χ0v) is 23.8. The van der Waals surface area contributed by atoms with E-state index in [-0.39, 0.29) is 23.0 Å². The lowest BCUT2D eigenvalue weighted by Gasteiger charge is -2.15. The number of rotatable bonds is 9. The fourth-order valence-corrected chi connectivity index (χ4v) is 5.10. The number of amides is 2. The van der Waals surface area contributed by atoms with E-state index in [0.717, 1.165) is 26.7 Å². The van der Waals surface area contributed by atoms with E-state index >= 15 is 0 Å². The first-order valence-corrected chi connectivity index (χ1v) is 13.4. The zero-order chi connectivity index (χ0) is 26.5. The molecule has 2 aromatic carbocycles. The number of benzene rings is 2. The Morgan fingerprint density at radius 2 is 1.84 bits per heavy atom. The molecule has 37 heavy (non-hydrogen) atoms. The van der Waals surface area contributed by atoms with Gasteiger partial charge in [0, 0.05) is 4.47 Å². The van der Waals surface area contributed by atoms with Crippen LogP contribution in [-0.2, 0) is 22.7 Å². The van der Waals surface area contributed by atoms with Gasteiger partial charge < -0.3 is 18.6 Å². The highest BCUT2D eigenvalue weighted by Crippen LogP contribution is 2.40. The SMILES string of the molecule is CCOc1cc(/C=C2/SC(=O)N(Cc3ccc(C(=O)OC)o3)C2=O)cc(Br)c1OCc1ccc(Br)cc1. The summed E-state index contributed by atoms with van der Waals surface area (Å²) in [5.74, 6) is 0.226. The van der Waals surface area contributed by atoms with E-state index in [1.165, 1.54) is 19.2 Å². The molecule has 1 saturated heterocycles. The number of carbonyl (C=O) groups is 3. The van der Waals surface area contributed by atoms with E-state index < -0.39 is 17.1 Å². The highest BCUT2D eigenvalue weighted by Gasteiger charge is 2.36. The molecule has 0 aliphatic carbocycles. The van der Waals surface area contributed by atoms with Crippen LogP contribution in [0.3, 0.4) is 0 Å². The number of methoxy groups -OCH3 is 1. The second-order valence-electron chi connectivity index (χ2n) is 7.70. The minimum Gasteiger partial charge on any atom is -0.490 e. The summed E-state index contributed by atoms with van der Waals surface area (Å²) in [5.41, 5.74) is 1.65. The van der Waals surface area contributed by atoms with Crippen molar-refractivity contribution < 1.29 is 33.0 Å². The maximum atomic E-state index is 13.0. The Bertz CT molecular complexity index is 1370. The number of nitrogens with zero attached hydrogens (tertiary/aromatic N) is 1. The van der Waals surface area contributed by atoms with Gasteiger partial charge in [-0.25, -0.2) is 4.79 Å². The van der Waals surface area contributed by atoms with Crippen molar-refractivity contribution >= 4 is 66.8 Å². The quantitative estimate of drug-likeness (QED) is 0.184. The van der Waals surface area contributed by atoms with Crippen molar-refractivity contribution in [2.75, 3.05) is 13.7 Å². The van der Waals surface area contributed by atoms with Gasteiger partial charge in [-0.05, 0) is 88.2 Å². The van der Waals surface area contributed by atoms with Crippen molar-refractivity contribution in [1.29, 1.82) is 0 Å². The zero-order valence-electron chi connectivity index (χ0n) is 19.8. The number of hydrogen-bond acceptors (Lipinski definition) is 8. The average Bonchev–Trinajstić information content (AvgIpc) is 3.45. The van der Waals surface area contributed by atoms with Crippen molar-refractivity contribution in [3.05, 3.63) is 85.0 Å². The smallest absolute Gasteiger partial charge is 0.373 e. The summed E-state index contributed by atoms with van der Waals surface area (Å²) in [6.45, 7) is 2.52. The van der Waals surface area contributed by atoms with Gasteiger partial charge in [-0.15, -0.1) is 0 Å². The number of ether oxygens (including phenoxy) is 3. The largest absolute Gasteiger partial charge is 0.490 e. The minimum atomic E-state index is -0.639. The molecule has 0 saturated carbocycles. The summed E-state index contributed by atoms with van der Waals surface area (Å²) < 4.78 is 23.5. The highest BCUT2D eigenvalue weighted by molar-refractivity contribution is 9.10. The summed E-state index contributed by atoms with van der Waals surface area (Å²) in [5, 5.41) is -0.439. The first-order chi connectivity index (χ1) is 17.8. The number of esters is 1. The van der Waals surface area contributed by atoms with E-state index in [1.54, 1.807) is 18.2 Å². The van der Waals surface area contributed by atoms with E-state index in [0.29, 0.717) is 34.7 Å². The van der Waals surface area contributed by atoms with Crippen molar-refractivity contribution in [2.24, 2.45) is 0 Å². The van der Waals surface area contributed by atoms with Crippen LogP contribution in [0, 0.1) is 0 Å². The van der Waals surface area contributed by atoms with Crippen molar-refractivity contribution in [1.82, 2.24) is 4.90 Å². The molecule has 0 bridgehead atoms. The summed E-state index contributed by atoms with van der Waals surface area (Å²) >= 11 is 7.79. The Hall–Kier alpha value is -3.02. The van der Waals surface area contributed by atoms with Gasteiger partial charge in [-0.3, -0.25) is 14.5 Å². The third-order valence-electron chi connectivity index (χ3n) is 5.16. The van der Waals surface area contributed by atoms with Crippen LogP contribution in [0.2, 0.25) is 0 Å². The van der Waals surface area contributed by atoms with E-state index in [1.807, 2.05) is 31.2 Å². The third-order valence-corrected chi connectivity index (χ3v) is 7.19.